The summed E-state index contributed by atoms with van der Waals surface area (Å²) in [5, 5.41) is 2.65. The molecule has 0 saturated carbocycles. The molecule has 1 aromatic heterocycles. The van der Waals surface area contributed by atoms with Crippen molar-refractivity contribution < 1.29 is 0 Å². The third-order valence-corrected chi connectivity index (χ3v) is 3.46. The van der Waals surface area contributed by atoms with Gasteiger partial charge in [-0.3, -0.25) is 4.98 Å². The molecule has 0 fully saturated rings. The maximum Gasteiger partial charge on any atom is 0.0704 e. The minimum Gasteiger partial charge on any atom is -0.256 e. The van der Waals surface area contributed by atoms with Gasteiger partial charge in [0, 0.05) is 11.8 Å². The summed E-state index contributed by atoms with van der Waals surface area (Å²) in [6.45, 7) is 4.33. The molecular weight excluding hydrogens is 218 g/mol. The van der Waals surface area contributed by atoms with E-state index in [2.05, 4.69) is 55.2 Å². The Kier molecular flexibility index (Phi) is 2.60. The third-order valence-electron chi connectivity index (χ3n) is 3.46. The summed E-state index contributed by atoms with van der Waals surface area (Å²) < 4.78 is 0. The van der Waals surface area contributed by atoms with Crippen LogP contribution in [0, 0.1) is 13.8 Å². The second kappa shape index (κ2) is 4.26. The molecule has 88 valence electrons. The quantitative estimate of drug-likeness (QED) is 0.602. The van der Waals surface area contributed by atoms with Crippen molar-refractivity contribution in [3.8, 4) is 11.3 Å². The van der Waals surface area contributed by atoms with Crippen LogP contribution in [0.2, 0.25) is 0 Å². The van der Waals surface area contributed by atoms with Crippen LogP contribution in [0.25, 0.3) is 22.0 Å². The molecule has 0 aliphatic heterocycles. The number of hydrogen-bond donors (Lipinski definition) is 0. The number of pyridine rings is 1. The Bertz CT molecular complexity index is 699. The van der Waals surface area contributed by atoms with Crippen LogP contribution in [0.3, 0.4) is 0 Å². The summed E-state index contributed by atoms with van der Waals surface area (Å²) in [6, 6.07) is 16.8. The first kappa shape index (κ1) is 11.0. The van der Waals surface area contributed by atoms with Crippen LogP contribution in [0.5, 0.6) is 0 Å². The zero-order chi connectivity index (χ0) is 12.5. The van der Waals surface area contributed by atoms with Crippen LogP contribution in [0.4, 0.5) is 0 Å². The third kappa shape index (κ3) is 1.68. The molecule has 0 amide bonds. The molecule has 0 aliphatic rings. The molecule has 0 N–H and O–H groups in total. The average molecular weight is 233 g/mol. The van der Waals surface area contributed by atoms with Crippen molar-refractivity contribution in [3.63, 3.8) is 0 Å². The lowest BCUT2D eigenvalue weighted by molar-refractivity contribution is 1.31. The van der Waals surface area contributed by atoms with Gasteiger partial charge in [0.1, 0.15) is 0 Å². The highest BCUT2D eigenvalue weighted by Crippen LogP contribution is 2.30. The maximum absolute atomic E-state index is 4.46. The van der Waals surface area contributed by atoms with Gasteiger partial charge in [0.15, 0.2) is 0 Å². The minimum absolute atomic E-state index is 1.05. The summed E-state index contributed by atoms with van der Waals surface area (Å²) in [4.78, 5) is 4.46. The first-order valence-corrected chi connectivity index (χ1v) is 6.18. The van der Waals surface area contributed by atoms with Crippen LogP contribution in [-0.2, 0) is 0 Å². The number of nitrogens with zero attached hydrogens (tertiary/aromatic N) is 1. The summed E-state index contributed by atoms with van der Waals surface area (Å²) in [6.07, 6.45) is 1.85. The van der Waals surface area contributed by atoms with Gasteiger partial charge in [-0.05, 0) is 53.9 Å². The standard InChI is InChI=1S/C17H15N/c1-12-11-16(17-9-5-6-10-18-17)13(2)15-8-4-3-7-14(12)15/h3-11H,1-2H3. The molecule has 0 aliphatic carbocycles. The van der Waals surface area contributed by atoms with Gasteiger partial charge in [-0.25, -0.2) is 0 Å². The second-order valence-corrected chi connectivity index (χ2v) is 4.63. The Morgan fingerprint density at radius 1 is 0.833 bits per heavy atom. The molecule has 0 spiro atoms. The number of fused-ring (bicyclic) bond motifs is 1. The zero-order valence-electron chi connectivity index (χ0n) is 10.6. The maximum atomic E-state index is 4.46. The van der Waals surface area contributed by atoms with E-state index in [9.17, 15) is 0 Å². The molecule has 1 nitrogen and oxygen atoms in total. The van der Waals surface area contributed by atoms with E-state index in [1.807, 2.05) is 18.3 Å². The Hall–Kier alpha value is -2.15. The van der Waals surface area contributed by atoms with E-state index in [0.717, 1.165) is 5.69 Å². The molecule has 1 heteroatoms. The van der Waals surface area contributed by atoms with Crippen molar-refractivity contribution in [3.05, 3.63) is 65.9 Å². The van der Waals surface area contributed by atoms with Gasteiger partial charge in [0.25, 0.3) is 0 Å². The topological polar surface area (TPSA) is 12.9 Å². The van der Waals surface area contributed by atoms with Gasteiger partial charge >= 0.3 is 0 Å². The lowest BCUT2D eigenvalue weighted by Crippen LogP contribution is -1.90. The summed E-state index contributed by atoms with van der Waals surface area (Å²) >= 11 is 0. The number of aromatic nitrogens is 1. The fourth-order valence-corrected chi connectivity index (χ4v) is 2.49. The number of benzene rings is 2. The first-order chi connectivity index (χ1) is 8.77. The molecule has 0 unspecified atom stereocenters. The monoisotopic (exact) mass is 233 g/mol. The van der Waals surface area contributed by atoms with Crippen LogP contribution >= 0.6 is 0 Å². The van der Waals surface area contributed by atoms with Gasteiger partial charge < -0.3 is 0 Å². The molecule has 3 aromatic rings. The van der Waals surface area contributed by atoms with E-state index in [1.165, 1.54) is 27.5 Å². The Labute approximate surface area is 107 Å². The van der Waals surface area contributed by atoms with Crippen molar-refractivity contribution in [2.45, 2.75) is 13.8 Å². The van der Waals surface area contributed by atoms with E-state index < -0.39 is 0 Å². The lowest BCUT2D eigenvalue weighted by atomic mass is 9.94. The van der Waals surface area contributed by atoms with Crippen LogP contribution in [-0.4, -0.2) is 4.98 Å². The van der Waals surface area contributed by atoms with E-state index in [1.54, 1.807) is 0 Å². The summed E-state index contributed by atoms with van der Waals surface area (Å²) in [7, 11) is 0. The van der Waals surface area contributed by atoms with E-state index >= 15 is 0 Å². The fourth-order valence-electron chi connectivity index (χ4n) is 2.49. The second-order valence-electron chi connectivity index (χ2n) is 4.63. The van der Waals surface area contributed by atoms with E-state index in [4.69, 9.17) is 0 Å². The Balaban J connectivity index is 2.35. The fraction of sp³-hybridized carbons (Fsp3) is 0.118. The predicted molar refractivity (Wildman–Crippen MR) is 76.7 cm³/mol. The van der Waals surface area contributed by atoms with Gasteiger partial charge in [-0.1, -0.05) is 30.3 Å². The molecule has 1 heterocycles. The molecule has 18 heavy (non-hydrogen) atoms. The van der Waals surface area contributed by atoms with Crippen molar-refractivity contribution in [2.75, 3.05) is 0 Å². The average Bonchev–Trinajstić information content (AvgIpc) is 2.44. The van der Waals surface area contributed by atoms with Crippen molar-refractivity contribution in [1.29, 1.82) is 0 Å². The van der Waals surface area contributed by atoms with Crippen LogP contribution in [0.1, 0.15) is 11.1 Å². The van der Waals surface area contributed by atoms with Crippen LogP contribution < -0.4 is 0 Å². The summed E-state index contributed by atoms with van der Waals surface area (Å²) in [5.74, 6) is 0. The number of hydrogen-bond acceptors (Lipinski definition) is 1. The van der Waals surface area contributed by atoms with Crippen LogP contribution in [0.15, 0.2) is 54.7 Å². The van der Waals surface area contributed by atoms with E-state index in [-0.39, 0.29) is 0 Å². The highest BCUT2D eigenvalue weighted by molar-refractivity contribution is 5.93. The molecule has 0 saturated heterocycles. The number of rotatable bonds is 1. The van der Waals surface area contributed by atoms with Gasteiger partial charge in [-0.15, -0.1) is 0 Å². The predicted octanol–water partition coefficient (Wildman–Crippen LogP) is 4.52. The molecular formula is C17H15N. The first-order valence-electron chi connectivity index (χ1n) is 6.18. The highest BCUT2D eigenvalue weighted by Gasteiger charge is 2.08. The molecule has 0 radical (unpaired) electrons. The van der Waals surface area contributed by atoms with Gasteiger partial charge in [0.05, 0.1) is 5.69 Å². The molecule has 2 aromatic carbocycles. The van der Waals surface area contributed by atoms with Gasteiger partial charge in [0.2, 0.25) is 0 Å². The van der Waals surface area contributed by atoms with E-state index in [0.29, 0.717) is 0 Å². The molecule has 0 bridgehead atoms. The van der Waals surface area contributed by atoms with Crippen molar-refractivity contribution in [2.24, 2.45) is 0 Å². The molecule has 3 rings (SSSR count). The number of aryl methyl sites for hydroxylation is 2. The van der Waals surface area contributed by atoms with Crippen molar-refractivity contribution >= 4 is 10.8 Å². The Morgan fingerprint density at radius 2 is 1.56 bits per heavy atom. The lowest BCUT2D eigenvalue weighted by Gasteiger charge is -2.11. The zero-order valence-corrected chi connectivity index (χ0v) is 10.6. The SMILES string of the molecule is Cc1cc(-c2ccccn2)c(C)c2ccccc12. The smallest absolute Gasteiger partial charge is 0.0704 e. The van der Waals surface area contributed by atoms with Gasteiger partial charge in [-0.2, -0.15) is 0 Å². The molecule has 0 atom stereocenters. The largest absolute Gasteiger partial charge is 0.256 e. The Morgan fingerprint density at radius 3 is 2.28 bits per heavy atom. The normalized spacial score (nSPS) is 10.8. The minimum atomic E-state index is 1.05. The highest BCUT2D eigenvalue weighted by atomic mass is 14.7. The van der Waals surface area contributed by atoms with Crippen molar-refractivity contribution in [1.82, 2.24) is 4.98 Å². The summed E-state index contributed by atoms with van der Waals surface area (Å²) in [5.41, 5.74) is 4.88.